The van der Waals surface area contributed by atoms with Gasteiger partial charge in [-0.1, -0.05) is 37.0 Å². The van der Waals surface area contributed by atoms with Crippen molar-refractivity contribution < 1.29 is 4.79 Å². The minimum Gasteiger partial charge on any atom is -0.294 e. The van der Waals surface area contributed by atoms with Crippen LogP contribution in [0.2, 0.25) is 10.2 Å². The zero-order valence-corrected chi connectivity index (χ0v) is 8.86. The molecule has 1 heterocycles. The van der Waals surface area contributed by atoms with Crippen molar-refractivity contribution in [1.29, 1.82) is 0 Å². The van der Waals surface area contributed by atoms with E-state index in [2.05, 4.69) is 4.98 Å². The van der Waals surface area contributed by atoms with E-state index in [0.29, 0.717) is 15.7 Å². The van der Waals surface area contributed by atoms with Crippen LogP contribution >= 0.6 is 23.2 Å². The van der Waals surface area contributed by atoms with Crippen LogP contribution in [0.25, 0.3) is 0 Å². The van der Waals surface area contributed by atoms with Gasteiger partial charge in [0.1, 0.15) is 5.15 Å². The number of aromatic nitrogens is 1. The summed E-state index contributed by atoms with van der Waals surface area (Å²) in [5.41, 5.74) is 0.432. The van der Waals surface area contributed by atoms with E-state index < -0.39 is 0 Å². The van der Waals surface area contributed by atoms with Crippen molar-refractivity contribution in [1.82, 2.24) is 4.98 Å². The third kappa shape index (κ3) is 2.42. The molecule has 70 valence electrons. The molecule has 0 fully saturated rings. The van der Waals surface area contributed by atoms with Crippen LogP contribution in [0, 0.1) is 5.92 Å². The van der Waals surface area contributed by atoms with Gasteiger partial charge in [0.25, 0.3) is 0 Å². The lowest BCUT2D eigenvalue weighted by molar-refractivity contribution is 0.0939. The molecule has 0 saturated heterocycles. The molecule has 0 aliphatic carbocycles. The van der Waals surface area contributed by atoms with Gasteiger partial charge in [0, 0.05) is 12.1 Å². The fourth-order valence-electron chi connectivity index (χ4n) is 0.900. The summed E-state index contributed by atoms with van der Waals surface area (Å²) in [6, 6.07) is 1.47. The third-order valence-corrected chi connectivity index (χ3v) is 2.13. The monoisotopic (exact) mass is 217 g/mol. The summed E-state index contributed by atoms with van der Waals surface area (Å²) < 4.78 is 0. The summed E-state index contributed by atoms with van der Waals surface area (Å²) in [4.78, 5) is 15.3. The molecule has 1 aromatic rings. The quantitative estimate of drug-likeness (QED) is 0.563. The van der Waals surface area contributed by atoms with Gasteiger partial charge in [-0.15, -0.1) is 0 Å². The third-order valence-electron chi connectivity index (χ3n) is 1.61. The molecule has 0 saturated carbocycles. The fourth-order valence-corrected chi connectivity index (χ4v) is 1.36. The van der Waals surface area contributed by atoms with Gasteiger partial charge < -0.3 is 0 Å². The summed E-state index contributed by atoms with van der Waals surface area (Å²) in [5.74, 6) is -0.102. The highest BCUT2D eigenvalue weighted by Crippen LogP contribution is 2.21. The molecule has 0 unspecified atom stereocenters. The number of ketones is 1. The summed E-state index contributed by atoms with van der Waals surface area (Å²) in [6.45, 7) is 3.63. The van der Waals surface area contributed by atoms with Crippen LogP contribution in [0.1, 0.15) is 24.2 Å². The Morgan fingerprint density at radius 3 is 2.54 bits per heavy atom. The van der Waals surface area contributed by atoms with Crippen LogP contribution in [0.3, 0.4) is 0 Å². The molecule has 1 rings (SSSR count). The molecule has 0 N–H and O–H groups in total. The van der Waals surface area contributed by atoms with E-state index >= 15 is 0 Å². The molecule has 2 nitrogen and oxygen atoms in total. The number of pyridine rings is 1. The second-order valence-electron chi connectivity index (χ2n) is 3.01. The first-order chi connectivity index (χ1) is 6.02. The lowest BCUT2D eigenvalue weighted by atomic mass is 10.0. The van der Waals surface area contributed by atoms with E-state index in [1.54, 1.807) is 0 Å². The molecule has 0 aliphatic rings. The van der Waals surface area contributed by atoms with Crippen molar-refractivity contribution >= 4 is 29.0 Å². The van der Waals surface area contributed by atoms with Gasteiger partial charge in [-0.3, -0.25) is 4.79 Å². The first-order valence-corrected chi connectivity index (χ1v) is 4.63. The molecule has 13 heavy (non-hydrogen) atoms. The molecular weight excluding hydrogens is 209 g/mol. The summed E-state index contributed by atoms with van der Waals surface area (Å²) >= 11 is 11.4. The number of carbonyl (C=O) groups excluding carboxylic acids is 1. The molecule has 0 aliphatic heterocycles. The van der Waals surface area contributed by atoms with Crippen LogP contribution in [-0.2, 0) is 0 Å². The van der Waals surface area contributed by atoms with E-state index in [9.17, 15) is 4.79 Å². The van der Waals surface area contributed by atoms with Crippen LogP contribution in [-0.4, -0.2) is 10.8 Å². The summed E-state index contributed by atoms with van der Waals surface area (Å²) in [5, 5.41) is 0.656. The molecule has 1 aromatic heterocycles. The lowest BCUT2D eigenvalue weighted by Crippen LogP contribution is -2.08. The number of hydrogen-bond acceptors (Lipinski definition) is 2. The SMILES string of the molecule is CC(C)C(=O)c1cnc(Cl)cc1Cl. The molecule has 0 radical (unpaired) electrons. The van der Waals surface area contributed by atoms with Crippen LogP contribution in [0.4, 0.5) is 0 Å². The van der Waals surface area contributed by atoms with E-state index in [0.717, 1.165) is 0 Å². The summed E-state index contributed by atoms with van der Waals surface area (Å²) in [6.07, 6.45) is 1.41. The highest BCUT2D eigenvalue weighted by atomic mass is 35.5. The van der Waals surface area contributed by atoms with Crippen molar-refractivity contribution in [3.8, 4) is 0 Å². The van der Waals surface area contributed by atoms with Crippen LogP contribution < -0.4 is 0 Å². The predicted octanol–water partition coefficient (Wildman–Crippen LogP) is 3.23. The number of hydrogen-bond donors (Lipinski definition) is 0. The second-order valence-corrected chi connectivity index (χ2v) is 3.80. The summed E-state index contributed by atoms with van der Waals surface area (Å²) in [7, 11) is 0. The number of halogens is 2. The van der Waals surface area contributed by atoms with E-state index in [1.165, 1.54) is 12.3 Å². The Hall–Kier alpha value is -0.600. The van der Waals surface area contributed by atoms with Gasteiger partial charge in [0.15, 0.2) is 5.78 Å². The predicted molar refractivity (Wildman–Crippen MR) is 53.4 cm³/mol. The maximum absolute atomic E-state index is 11.5. The van der Waals surface area contributed by atoms with Gasteiger partial charge in [-0.05, 0) is 6.07 Å². The Labute approximate surface area is 86.9 Å². The first kappa shape index (κ1) is 10.5. The Kier molecular flexibility index (Phi) is 3.28. The molecule has 0 atom stereocenters. The van der Waals surface area contributed by atoms with Crippen LogP contribution in [0.15, 0.2) is 12.3 Å². The molecule has 0 spiro atoms. The second kappa shape index (κ2) is 4.07. The molecule has 0 amide bonds. The maximum Gasteiger partial charge on any atom is 0.168 e. The average Bonchev–Trinajstić information content (AvgIpc) is 2.03. The van der Waals surface area contributed by atoms with E-state index in [1.807, 2.05) is 13.8 Å². The Morgan fingerprint density at radius 1 is 1.46 bits per heavy atom. The number of Topliss-reactive ketones (excluding diaryl/α,β-unsaturated/α-hetero) is 1. The maximum atomic E-state index is 11.5. The Morgan fingerprint density at radius 2 is 2.08 bits per heavy atom. The largest absolute Gasteiger partial charge is 0.294 e. The number of nitrogens with zero attached hydrogens (tertiary/aromatic N) is 1. The smallest absolute Gasteiger partial charge is 0.168 e. The van der Waals surface area contributed by atoms with Crippen molar-refractivity contribution in [2.45, 2.75) is 13.8 Å². The van der Waals surface area contributed by atoms with Crippen molar-refractivity contribution in [3.05, 3.63) is 28.0 Å². The van der Waals surface area contributed by atoms with Gasteiger partial charge in [-0.2, -0.15) is 0 Å². The Bertz CT molecular complexity index is 336. The van der Waals surface area contributed by atoms with Gasteiger partial charge >= 0.3 is 0 Å². The van der Waals surface area contributed by atoms with Crippen LogP contribution in [0.5, 0.6) is 0 Å². The lowest BCUT2D eigenvalue weighted by Gasteiger charge is -2.05. The molecular formula is C9H9Cl2NO. The fraction of sp³-hybridized carbons (Fsp3) is 0.333. The minimum absolute atomic E-state index is 0.0193. The van der Waals surface area contributed by atoms with Gasteiger partial charge in [-0.25, -0.2) is 4.98 Å². The zero-order valence-electron chi connectivity index (χ0n) is 7.34. The molecule has 4 heteroatoms. The first-order valence-electron chi connectivity index (χ1n) is 3.87. The van der Waals surface area contributed by atoms with E-state index in [-0.39, 0.29) is 11.7 Å². The normalized spacial score (nSPS) is 10.5. The van der Waals surface area contributed by atoms with Crippen molar-refractivity contribution in [2.24, 2.45) is 5.92 Å². The van der Waals surface area contributed by atoms with Gasteiger partial charge in [0.2, 0.25) is 0 Å². The van der Waals surface area contributed by atoms with E-state index in [4.69, 9.17) is 23.2 Å². The minimum atomic E-state index is -0.0829. The standard InChI is InChI=1S/C9H9Cl2NO/c1-5(2)9(13)6-4-12-8(11)3-7(6)10/h3-5H,1-2H3. The van der Waals surface area contributed by atoms with Gasteiger partial charge in [0.05, 0.1) is 10.6 Å². The zero-order chi connectivity index (χ0) is 10.0. The van der Waals surface area contributed by atoms with Crippen molar-refractivity contribution in [2.75, 3.05) is 0 Å². The molecule has 0 aromatic carbocycles. The average molecular weight is 218 g/mol. The topological polar surface area (TPSA) is 30.0 Å². The highest BCUT2D eigenvalue weighted by molar-refractivity contribution is 6.36. The number of rotatable bonds is 2. The molecule has 0 bridgehead atoms. The Balaban J connectivity index is 3.09. The van der Waals surface area contributed by atoms with Crippen molar-refractivity contribution in [3.63, 3.8) is 0 Å². The number of carbonyl (C=O) groups is 1. The highest BCUT2D eigenvalue weighted by Gasteiger charge is 2.14.